The monoisotopic (exact) mass is 309 g/mol. The Kier molecular flexibility index (Phi) is 5.10. The third-order valence-electron chi connectivity index (χ3n) is 4.63. The van der Waals surface area contributed by atoms with Gasteiger partial charge < -0.3 is 5.73 Å². The third-order valence-corrected chi connectivity index (χ3v) is 6.27. The molecule has 118 valence electrons. The van der Waals surface area contributed by atoms with Gasteiger partial charge in [0.05, 0.1) is 5.25 Å². The lowest BCUT2D eigenvalue weighted by molar-refractivity contribution is 0.304. The first-order valence-corrected chi connectivity index (χ1v) is 9.73. The first kappa shape index (κ1) is 16.5. The predicted octanol–water partition coefficient (Wildman–Crippen LogP) is 2.78. The summed E-state index contributed by atoms with van der Waals surface area (Å²) in [7, 11) is -2.93. The molecule has 1 fully saturated rings. The summed E-state index contributed by atoms with van der Waals surface area (Å²) < 4.78 is 23.5. The Bertz CT molecular complexity index is 575. The fourth-order valence-corrected chi connectivity index (χ4v) is 4.78. The maximum atomic E-state index is 11.8. The van der Waals surface area contributed by atoms with E-state index in [0.29, 0.717) is 5.92 Å². The number of aryl methyl sites for hydroxylation is 2. The van der Waals surface area contributed by atoms with Gasteiger partial charge in [0.1, 0.15) is 9.84 Å². The molecule has 21 heavy (non-hydrogen) atoms. The predicted molar refractivity (Wildman–Crippen MR) is 88.2 cm³/mol. The van der Waals surface area contributed by atoms with Crippen molar-refractivity contribution in [3.8, 4) is 0 Å². The van der Waals surface area contributed by atoms with E-state index in [2.05, 4.69) is 32.0 Å². The summed E-state index contributed by atoms with van der Waals surface area (Å²) in [5.74, 6) is 0.319. The minimum Gasteiger partial charge on any atom is -0.327 e. The van der Waals surface area contributed by atoms with Gasteiger partial charge in [-0.3, -0.25) is 0 Å². The highest BCUT2D eigenvalue weighted by Crippen LogP contribution is 2.31. The molecule has 0 saturated heterocycles. The second-order valence-corrected chi connectivity index (χ2v) is 9.07. The molecule has 0 amide bonds. The largest absolute Gasteiger partial charge is 0.327 e. The summed E-state index contributed by atoms with van der Waals surface area (Å²) >= 11 is 0. The Morgan fingerprint density at radius 1 is 1.19 bits per heavy atom. The topological polar surface area (TPSA) is 60.2 Å². The molecule has 4 heteroatoms. The van der Waals surface area contributed by atoms with Gasteiger partial charge in [0.25, 0.3) is 0 Å². The van der Waals surface area contributed by atoms with Gasteiger partial charge in [-0.05, 0) is 51.0 Å². The SMILES string of the molecule is Cc1cc(C)cc(CC(N)C2CCCC(S(C)(=O)=O)C2)c1. The Balaban J connectivity index is 2.04. The summed E-state index contributed by atoms with van der Waals surface area (Å²) in [5, 5.41) is -0.193. The quantitative estimate of drug-likeness (QED) is 0.930. The highest BCUT2D eigenvalue weighted by Gasteiger charge is 2.31. The van der Waals surface area contributed by atoms with E-state index in [1.54, 1.807) is 0 Å². The third kappa shape index (κ3) is 4.55. The number of rotatable bonds is 4. The second kappa shape index (κ2) is 6.49. The molecule has 3 nitrogen and oxygen atoms in total. The van der Waals surface area contributed by atoms with Crippen LogP contribution in [-0.2, 0) is 16.3 Å². The van der Waals surface area contributed by atoms with Gasteiger partial charge in [-0.25, -0.2) is 8.42 Å². The molecule has 1 aromatic rings. The molecule has 1 aliphatic carbocycles. The lowest BCUT2D eigenvalue weighted by Gasteiger charge is -2.32. The number of benzene rings is 1. The average Bonchev–Trinajstić information content (AvgIpc) is 2.36. The standard InChI is InChI=1S/C17H27NO2S/c1-12-7-13(2)9-14(8-12)10-17(18)15-5-4-6-16(11-15)21(3,19)20/h7-9,15-17H,4-6,10-11,18H2,1-3H3. The summed E-state index contributed by atoms with van der Waals surface area (Å²) in [6.45, 7) is 4.20. The van der Waals surface area contributed by atoms with Gasteiger partial charge in [-0.2, -0.15) is 0 Å². The minimum absolute atomic E-state index is 0.0516. The maximum absolute atomic E-state index is 11.8. The van der Waals surface area contributed by atoms with E-state index in [1.807, 2.05) is 0 Å². The van der Waals surface area contributed by atoms with Crippen LogP contribution in [-0.4, -0.2) is 26.0 Å². The Morgan fingerprint density at radius 3 is 2.38 bits per heavy atom. The molecule has 0 bridgehead atoms. The van der Waals surface area contributed by atoms with E-state index in [1.165, 1.54) is 22.9 Å². The smallest absolute Gasteiger partial charge is 0.150 e. The van der Waals surface area contributed by atoms with Crippen LogP contribution >= 0.6 is 0 Å². The van der Waals surface area contributed by atoms with Crippen molar-refractivity contribution in [2.45, 2.75) is 57.2 Å². The molecular formula is C17H27NO2S. The van der Waals surface area contributed by atoms with Crippen LogP contribution in [0.1, 0.15) is 42.4 Å². The van der Waals surface area contributed by atoms with Gasteiger partial charge in [-0.1, -0.05) is 35.7 Å². The van der Waals surface area contributed by atoms with E-state index in [0.717, 1.165) is 32.1 Å². The Morgan fingerprint density at radius 2 is 1.81 bits per heavy atom. The zero-order chi connectivity index (χ0) is 15.6. The van der Waals surface area contributed by atoms with Crippen molar-refractivity contribution in [3.05, 3.63) is 34.9 Å². The van der Waals surface area contributed by atoms with Gasteiger partial charge >= 0.3 is 0 Å². The van der Waals surface area contributed by atoms with Crippen LogP contribution in [0, 0.1) is 19.8 Å². The van der Waals surface area contributed by atoms with Crippen molar-refractivity contribution in [2.24, 2.45) is 11.7 Å². The van der Waals surface area contributed by atoms with Gasteiger partial charge in [0.2, 0.25) is 0 Å². The van der Waals surface area contributed by atoms with Crippen molar-refractivity contribution in [3.63, 3.8) is 0 Å². The van der Waals surface area contributed by atoms with Crippen LogP contribution in [0.3, 0.4) is 0 Å². The first-order chi connectivity index (χ1) is 9.75. The first-order valence-electron chi connectivity index (χ1n) is 7.77. The van der Waals surface area contributed by atoms with Crippen LogP contribution < -0.4 is 5.73 Å². The van der Waals surface area contributed by atoms with Gasteiger partial charge in [0.15, 0.2) is 0 Å². The molecule has 0 aromatic heterocycles. The van der Waals surface area contributed by atoms with Crippen molar-refractivity contribution in [1.29, 1.82) is 0 Å². The zero-order valence-electron chi connectivity index (χ0n) is 13.3. The Hall–Kier alpha value is -0.870. The summed E-state index contributed by atoms with van der Waals surface area (Å²) in [6, 6.07) is 6.58. The van der Waals surface area contributed by atoms with Crippen LogP contribution in [0.15, 0.2) is 18.2 Å². The van der Waals surface area contributed by atoms with Gasteiger partial charge in [0, 0.05) is 12.3 Å². The molecule has 1 aromatic carbocycles. The normalized spacial score (nSPS) is 24.8. The zero-order valence-corrected chi connectivity index (χ0v) is 14.1. The molecular weight excluding hydrogens is 282 g/mol. The van der Waals surface area contributed by atoms with E-state index in [-0.39, 0.29) is 11.3 Å². The molecule has 0 radical (unpaired) electrons. The molecule has 2 rings (SSSR count). The van der Waals surface area contributed by atoms with Crippen LogP contribution in [0.25, 0.3) is 0 Å². The number of sulfone groups is 1. The molecule has 2 N–H and O–H groups in total. The maximum Gasteiger partial charge on any atom is 0.150 e. The van der Waals surface area contributed by atoms with Crippen LogP contribution in [0.5, 0.6) is 0 Å². The highest BCUT2D eigenvalue weighted by atomic mass is 32.2. The number of hydrogen-bond donors (Lipinski definition) is 1. The van der Waals surface area contributed by atoms with Crippen molar-refractivity contribution in [2.75, 3.05) is 6.26 Å². The summed E-state index contributed by atoms with van der Waals surface area (Å²) in [5.41, 5.74) is 10.2. The van der Waals surface area contributed by atoms with E-state index >= 15 is 0 Å². The molecule has 1 saturated carbocycles. The molecule has 1 aliphatic rings. The fraction of sp³-hybridized carbons (Fsp3) is 0.647. The van der Waals surface area contributed by atoms with Crippen LogP contribution in [0.4, 0.5) is 0 Å². The summed E-state index contributed by atoms with van der Waals surface area (Å²) in [6.07, 6.45) is 5.75. The van der Waals surface area contributed by atoms with Crippen LogP contribution in [0.2, 0.25) is 0 Å². The van der Waals surface area contributed by atoms with E-state index in [4.69, 9.17) is 5.73 Å². The summed E-state index contributed by atoms with van der Waals surface area (Å²) in [4.78, 5) is 0. The van der Waals surface area contributed by atoms with Gasteiger partial charge in [-0.15, -0.1) is 0 Å². The average molecular weight is 309 g/mol. The molecule has 0 heterocycles. The fourth-order valence-electron chi connectivity index (χ4n) is 3.58. The van der Waals surface area contributed by atoms with E-state index in [9.17, 15) is 8.42 Å². The molecule has 3 atom stereocenters. The molecule has 0 aliphatic heterocycles. The Labute approximate surface area is 128 Å². The lowest BCUT2D eigenvalue weighted by atomic mass is 9.81. The molecule has 0 spiro atoms. The van der Waals surface area contributed by atoms with Crippen molar-refractivity contribution < 1.29 is 8.42 Å². The molecule has 3 unspecified atom stereocenters. The number of hydrogen-bond acceptors (Lipinski definition) is 3. The van der Waals surface area contributed by atoms with E-state index < -0.39 is 9.84 Å². The lowest BCUT2D eigenvalue weighted by Crippen LogP contribution is -2.38. The highest BCUT2D eigenvalue weighted by molar-refractivity contribution is 7.91. The number of nitrogens with two attached hydrogens (primary N) is 1. The second-order valence-electron chi connectivity index (χ2n) is 6.74. The minimum atomic E-state index is -2.93. The van der Waals surface area contributed by atoms with Crippen molar-refractivity contribution >= 4 is 9.84 Å². The van der Waals surface area contributed by atoms with Crippen molar-refractivity contribution in [1.82, 2.24) is 0 Å².